The number of allylic oxidation sites excluding steroid dienone is 3. The van der Waals surface area contributed by atoms with Crippen LogP contribution in [0.2, 0.25) is 0 Å². The van der Waals surface area contributed by atoms with Gasteiger partial charge in [-0.1, -0.05) is 18.2 Å². The van der Waals surface area contributed by atoms with E-state index in [1.165, 1.54) is 5.57 Å². The van der Waals surface area contributed by atoms with E-state index < -0.39 is 0 Å². The van der Waals surface area contributed by atoms with Gasteiger partial charge in [0.05, 0.1) is 6.10 Å². The van der Waals surface area contributed by atoms with Gasteiger partial charge in [-0.15, -0.1) is 0 Å². The first-order valence-corrected chi connectivity index (χ1v) is 3.32. The summed E-state index contributed by atoms with van der Waals surface area (Å²) in [5, 5.41) is 8.94. The van der Waals surface area contributed by atoms with E-state index in [4.69, 9.17) is 5.11 Å². The van der Waals surface area contributed by atoms with E-state index >= 15 is 0 Å². The third kappa shape index (κ3) is 2.02. The average molecular weight is 124 g/mol. The summed E-state index contributed by atoms with van der Waals surface area (Å²) in [5.74, 6) is 0. The smallest absolute Gasteiger partial charge is 0.0552 e. The Morgan fingerprint density at radius 3 is 3.00 bits per heavy atom. The van der Waals surface area contributed by atoms with Gasteiger partial charge in [-0.25, -0.2) is 0 Å². The highest BCUT2D eigenvalue weighted by Gasteiger charge is 2.00. The van der Waals surface area contributed by atoms with Crippen molar-refractivity contribution in [3.8, 4) is 0 Å². The zero-order valence-corrected chi connectivity index (χ0v) is 5.67. The highest BCUT2D eigenvalue weighted by atomic mass is 16.3. The molecule has 0 unspecified atom stereocenters. The first-order chi connectivity index (χ1) is 4.29. The predicted molar refractivity (Wildman–Crippen MR) is 38.1 cm³/mol. The maximum Gasteiger partial charge on any atom is 0.0552 e. The van der Waals surface area contributed by atoms with Crippen molar-refractivity contribution in [1.82, 2.24) is 0 Å². The molecular weight excluding hydrogens is 112 g/mol. The molecule has 0 fully saturated rings. The number of hydrogen-bond donors (Lipinski definition) is 1. The van der Waals surface area contributed by atoms with Crippen LogP contribution in [0.25, 0.3) is 0 Å². The Bertz CT molecular complexity index is 143. The highest BCUT2D eigenvalue weighted by molar-refractivity contribution is 5.26. The topological polar surface area (TPSA) is 20.2 Å². The summed E-state index contributed by atoms with van der Waals surface area (Å²) >= 11 is 0. The van der Waals surface area contributed by atoms with Crippen molar-refractivity contribution in [2.24, 2.45) is 0 Å². The summed E-state index contributed by atoms with van der Waals surface area (Å²) in [5.41, 5.74) is 1.27. The first kappa shape index (κ1) is 6.56. The quantitative estimate of drug-likeness (QED) is 0.593. The Labute approximate surface area is 55.7 Å². The van der Waals surface area contributed by atoms with Gasteiger partial charge in [0.1, 0.15) is 0 Å². The molecule has 1 N–H and O–H groups in total. The van der Waals surface area contributed by atoms with E-state index in [1.807, 2.05) is 6.92 Å². The molecule has 0 aromatic rings. The van der Waals surface area contributed by atoms with Crippen LogP contribution in [0.1, 0.15) is 19.8 Å². The van der Waals surface area contributed by atoms with E-state index in [9.17, 15) is 0 Å². The standard InChI is InChI=1S/C8H12O/c1-7(9)6-8-4-2-3-5-8/h2,4-5,7,9H,3,6H2,1H3/t7-/m0/s1. The fourth-order valence-corrected chi connectivity index (χ4v) is 0.999. The largest absolute Gasteiger partial charge is 0.393 e. The van der Waals surface area contributed by atoms with Gasteiger partial charge in [0.25, 0.3) is 0 Å². The Morgan fingerprint density at radius 1 is 1.78 bits per heavy atom. The lowest BCUT2D eigenvalue weighted by Gasteiger charge is -2.00. The molecule has 0 amide bonds. The number of aliphatic hydroxyl groups excluding tert-OH is 1. The van der Waals surface area contributed by atoms with Crippen LogP contribution in [-0.4, -0.2) is 11.2 Å². The molecule has 0 bridgehead atoms. The SMILES string of the molecule is C[C@H](O)CC1=CCC=C1. The van der Waals surface area contributed by atoms with E-state index in [-0.39, 0.29) is 6.10 Å². The number of hydrogen-bond acceptors (Lipinski definition) is 1. The van der Waals surface area contributed by atoms with Crippen molar-refractivity contribution >= 4 is 0 Å². The second-order valence-electron chi connectivity index (χ2n) is 2.47. The van der Waals surface area contributed by atoms with Gasteiger partial charge in [-0.3, -0.25) is 0 Å². The molecule has 0 aromatic carbocycles. The van der Waals surface area contributed by atoms with Crippen molar-refractivity contribution in [3.63, 3.8) is 0 Å². The Morgan fingerprint density at radius 2 is 2.56 bits per heavy atom. The molecule has 0 spiro atoms. The zero-order valence-electron chi connectivity index (χ0n) is 5.67. The van der Waals surface area contributed by atoms with Gasteiger partial charge < -0.3 is 5.11 Å². The molecule has 0 saturated heterocycles. The Hall–Kier alpha value is -0.560. The number of aliphatic hydroxyl groups is 1. The average Bonchev–Trinajstić information content (AvgIpc) is 2.15. The summed E-state index contributed by atoms with van der Waals surface area (Å²) in [6.07, 6.45) is 7.98. The molecule has 0 aliphatic heterocycles. The third-order valence-electron chi connectivity index (χ3n) is 1.38. The molecule has 0 heterocycles. The third-order valence-corrected chi connectivity index (χ3v) is 1.38. The van der Waals surface area contributed by atoms with Gasteiger partial charge in [0.15, 0.2) is 0 Å². The minimum absolute atomic E-state index is 0.195. The maximum atomic E-state index is 8.94. The van der Waals surface area contributed by atoms with Crippen LogP contribution in [0.15, 0.2) is 23.8 Å². The second-order valence-corrected chi connectivity index (χ2v) is 2.47. The lowest BCUT2D eigenvalue weighted by Crippen LogP contribution is -1.98. The molecule has 1 atom stereocenters. The van der Waals surface area contributed by atoms with Crippen LogP contribution < -0.4 is 0 Å². The van der Waals surface area contributed by atoms with E-state index in [0.29, 0.717) is 0 Å². The fraction of sp³-hybridized carbons (Fsp3) is 0.500. The second kappa shape index (κ2) is 2.83. The van der Waals surface area contributed by atoms with Crippen molar-refractivity contribution in [2.45, 2.75) is 25.9 Å². The highest BCUT2D eigenvalue weighted by Crippen LogP contribution is 2.13. The molecule has 1 aliphatic carbocycles. The summed E-state index contributed by atoms with van der Waals surface area (Å²) in [7, 11) is 0. The van der Waals surface area contributed by atoms with Crippen LogP contribution in [0, 0.1) is 0 Å². The molecule has 9 heavy (non-hydrogen) atoms. The summed E-state index contributed by atoms with van der Waals surface area (Å²) in [4.78, 5) is 0. The van der Waals surface area contributed by atoms with Crippen LogP contribution in [0.4, 0.5) is 0 Å². The molecule has 50 valence electrons. The van der Waals surface area contributed by atoms with Crippen molar-refractivity contribution in [2.75, 3.05) is 0 Å². The summed E-state index contributed by atoms with van der Waals surface area (Å²) in [6.45, 7) is 1.81. The molecule has 1 heteroatoms. The lowest BCUT2D eigenvalue weighted by atomic mass is 10.1. The minimum atomic E-state index is -0.195. The molecule has 0 saturated carbocycles. The van der Waals surface area contributed by atoms with Crippen LogP contribution >= 0.6 is 0 Å². The van der Waals surface area contributed by atoms with Gasteiger partial charge in [-0.05, 0) is 25.3 Å². The van der Waals surface area contributed by atoms with Gasteiger partial charge in [0.2, 0.25) is 0 Å². The van der Waals surface area contributed by atoms with Crippen molar-refractivity contribution in [1.29, 1.82) is 0 Å². The monoisotopic (exact) mass is 124 g/mol. The lowest BCUT2D eigenvalue weighted by molar-refractivity contribution is 0.196. The maximum absolute atomic E-state index is 8.94. The van der Waals surface area contributed by atoms with Gasteiger partial charge >= 0.3 is 0 Å². The molecular formula is C8H12O. The van der Waals surface area contributed by atoms with Crippen molar-refractivity contribution in [3.05, 3.63) is 23.8 Å². The predicted octanol–water partition coefficient (Wildman–Crippen LogP) is 1.64. The normalized spacial score (nSPS) is 20.0. The van der Waals surface area contributed by atoms with E-state index in [2.05, 4.69) is 18.2 Å². The minimum Gasteiger partial charge on any atom is -0.393 e. The Balaban J connectivity index is 2.35. The van der Waals surface area contributed by atoms with Gasteiger partial charge in [-0.2, -0.15) is 0 Å². The fourth-order valence-electron chi connectivity index (χ4n) is 0.999. The summed E-state index contributed by atoms with van der Waals surface area (Å²) in [6, 6.07) is 0. The molecule has 1 aliphatic rings. The van der Waals surface area contributed by atoms with Gasteiger partial charge in [0, 0.05) is 0 Å². The summed E-state index contributed by atoms with van der Waals surface area (Å²) < 4.78 is 0. The zero-order chi connectivity index (χ0) is 6.69. The number of rotatable bonds is 2. The van der Waals surface area contributed by atoms with Crippen LogP contribution in [0.5, 0.6) is 0 Å². The van der Waals surface area contributed by atoms with Crippen molar-refractivity contribution < 1.29 is 5.11 Å². The van der Waals surface area contributed by atoms with Crippen LogP contribution in [0.3, 0.4) is 0 Å². The molecule has 0 radical (unpaired) electrons. The van der Waals surface area contributed by atoms with E-state index in [1.54, 1.807) is 0 Å². The molecule has 1 nitrogen and oxygen atoms in total. The molecule has 1 rings (SSSR count). The Kier molecular flexibility index (Phi) is 2.06. The molecule has 0 aromatic heterocycles. The van der Waals surface area contributed by atoms with Crippen LogP contribution in [-0.2, 0) is 0 Å². The first-order valence-electron chi connectivity index (χ1n) is 3.32. The van der Waals surface area contributed by atoms with E-state index in [0.717, 1.165) is 12.8 Å².